The molecule has 0 bridgehead atoms. The molecule has 2 aromatic carbocycles. The smallest absolute Gasteiger partial charge is 0.405 e. The first-order chi connectivity index (χ1) is 13.1. The van der Waals surface area contributed by atoms with Gasteiger partial charge in [-0.1, -0.05) is 11.2 Å². The third-order valence-corrected chi connectivity index (χ3v) is 4.41. The average molecular weight is 383 g/mol. The number of carbonyl (C=O) groups is 1. The van der Waals surface area contributed by atoms with E-state index in [2.05, 4.69) is 22.0 Å². The van der Waals surface area contributed by atoms with Gasteiger partial charge in [0.05, 0.1) is 0 Å². The number of rotatable bonds is 8. The Balaban J connectivity index is 1.61. The van der Waals surface area contributed by atoms with Crippen LogP contribution in [0.4, 0.5) is 4.79 Å². The summed E-state index contributed by atoms with van der Waals surface area (Å²) in [6, 6.07) is 15.1. The molecule has 1 amide bonds. The van der Waals surface area contributed by atoms with Crippen LogP contribution in [0.3, 0.4) is 0 Å². The summed E-state index contributed by atoms with van der Waals surface area (Å²) in [4.78, 5) is 15.8. The summed E-state index contributed by atoms with van der Waals surface area (Å²) in [5.41, 5.74) is 0.740. The first-order valence-corrected chi connectivity index (χ1v) is 9.04. The highest BCUT2D eigenvalue weighted by atomic mass is 32.2. The number of ether oxygens (including phenoxy) is 1. The van der Waals surface area contributed by atoms with Crippen molar-refractivity contribution in [2.24, 2.45) is 0 Å². The second-order valence-corrected chi connectivity index (χ2v) is 6.46. The number of nitrogens with one attached hydrogen (secondary N) is 1. The molecule has 138 valence electrons. The van der Waals surface area contributed by atoms with Gasteiger partial charge in [0.2, 0.25) is 11.7 Å². The molecule has 8 heteroatoms. The van der Waals surface area contributed by atoms with Gasteiger partial charge in [0.25, 0.3) is 0 Å². The molecule has 1 heterocycles. The second kappa shape index (κ2) is 8.91. The molecule has 2 N–H and O–H groups in total. The van der Waals surface area contributed by atoms with Gasteiger partial charge in [-0.05, 0) is 48.5 Å². The van der Waals surface area contributed by atoms with Gasteiger partial charge in [-0.3, -0.25) is 0 Å². The van der Waals surface area contributed by atoms with Crippen molar-refractivity contribution in [2.45, 2.75) is 11.4 Å². The Morgan fingerprint density at radius 3 is 2.48 bits per heavy atom. The van der Waals surface area contributed by atoms with E-state index in [0.717, 1.165) is 22.0 Å². The maximum Gasteiger partial charge on any atom is 0.405 e. The maximum absolute atomic E-state index is 10.5. The Labute approximate surface area is 160 Å². The minimum Gasteiger partial charge on any atom is -0.465 e. The van der Waals surface area contributed by atoms with Crippen LogP contribution in [0.1, 0.15) is 5.89 Å². The first-order valence-electron chi connectivity index (χ1n) is 8.05. The van der Waals surface area contributed by atoms with Crippen molar-refractivity contribution >= 4 is 17.9 Å². The lowest BCUT2D eigenvalue weighted by molar-refractivity contribution is 0.192. The zero-order valence-corrected chi connectivity index (χ0v) is 15.1. The van der Waals surface area contributed by atoms with Crippen LogP contribution in [0.15, 0.2) is 70.6 Å². The fraction of sp³-hybridized carbons (Fsp3) is 0.105. The molecule has 1 aromatic heterocycles. The number of nitrogens with zero attached hydrogens (tertiary/aromatic N) is 2. The van der Waals surface area contributed by atoms with Crippen molar-refractivity contribution in [1.29, 1.82) is 0 Å². The summed E-state index contributed by atoms with van der Waals surface area (Å²) in [7, 11) is 0. The van der Waals surface area contributed by atoms with Crippen molar-refractivity contribution in [1.82, 2.24) is 15.5 Å². The van der Waals surface area contributed by atoms with Crippen LogP contribution in [-0.2, 0) is 6.54 Å². The monoisotopic (exact) mass is 383 g/mol. The third kappa shape index (κ3) is 5.35. The fourth-order valence-corrected chi connectivity index (χ4v) is 2.80. The normalized spacial score (nSPS) is 10.4. The van der Waals surface area contributed by atoms with Crippen LogP contribution in [-0.4, -0.2) is 27.1 Å². The topological polar surface area (TPSA) is 97.5 Å². The molecule has 0 spiro atoms. The zero-order chi connectivity index (χ0) is 19.1. The fourth-order valence-electron chi connectivity index (χ4n) is 2.16. The Morgan fingerprint density at radius 2 is 1.85 bits per heavy atom. The van der Waals surface area contributed by atoms with Crippen molar-refractivity contribution < 1.29 is 19.2 Å². The maximum atomic E-state index is 10.5. The van der Waals surface area contributed by atoms with Crippen LogP contribution in [0.2, 0.25) is 0 Å². The average Bonchev–Trinajstić information content (AvgIpc) is 3.15. The number of benzene rings is 2. The summed E-state index contributed by atoms with van der Waals surface area (Å²) in [6.45, 7) is 3.67. The van der Waals surface area contributed by atoms with E-state index >= 15 is 0 Å². The summed E-state index contributed by atoms with van der Waals surface area (Å²) in [5, 5.41) is 14.6. The molecule has 0 aliphatic carbocycles. The molecular weight excluding hydrogens is 366 g/mol. The lowest BCUT2D eigenvalue weighted by Gasteiger charge is -2.07. The highest BCUT2D eigenvalue weighted by Crippen LogP contribution is 2.27. The molecule has 3 aromatic rings. The van der Waals surface area contributed by atoms with Gasteiger partial charge in [-0.2, -0.15) is 4.98 Å². The number of aromatic nitrogens is 2. The van der Waals surface area contributed by atoms with E-state index in [9.17, 15) is 4.79 Å². The molecule has 0 saturated heterocycles. The van der Waals surface area contributed by atoms with Gasteiger partial charge in [0.15, 0.2) is 0 Å². The Kier molecular flexibility index (Phi) is 6.11. The van der Waals surface area contributed by atoms with E-state index in [1.54, 1.807) is 23.9 Å². The quantitative estimate of drug-likeness (QED) is 0.434. The van der Waals surface area contributed by atoms with Crippen LogP contribution >= 0.6 is 11.8 Å². The number of hydrogen-bond donors (Lipinski definition) is 2. The molecule has 0 unspecified atom stereocenters. The van der Waals surface area contributed by atoms with E-state index in [1.165, 1.54) is 0 Å². The molecule has 0 aliphatic rings. The highest BCUT2D eigenvalue weighted by molar-refractivity contribution is 7.99. The van der Waals surface area contributed by atoms with E-state index in [4.69, 9.17) is 14.4 Å². The number of carboxylic acid groups (broad SMARTS) is 1. The van der Waals surface area contributed by atoms with Crippen molar-refractivity contribution in [3.05, 3.63) is 67.1 Å². The van der Waals surface area contributed by atoms with Crippen molar-refractivity contribution in [3.8, 4) is 22.9 Å². The van der Waals surface area contributed by atoms with Crippen LogP contribution in [0.5, 0.6) is 11.5 Å². The van der Waals surface area contributed by atoms with Crippen molar-refractivity contribution in [3.63, 3.8) is 0 Å². The molecule has 0 saturated carbocycles. The second-order valence-electron chi connectivity index (χ2n) is 5.37. The molecule has 0 radical (unpaired) electrons. The lowest BCUT2D eigenvalue weighted by Crippen LogP contribution is -2.20. The third-order valence-electron chi connectivity index (χ3n) is 3.40. The van der Waals surface area contributed by atoms with Gasteiger partial charge < -0.3 is 19.7 Å². The standard InChI is InChI=1S/C19H17N3O4S/c1-2-11-27-16-9-7-15(8-10-16)25-14-5-3-13(4-6-14)18-21-17(26-22-18)12-20-19(23)24/h2-10,20H,1,11-12H2,(H,23,24). The van der Waals surface area contributed by atoms with E-state index in [0.29, 0.717) is 11.6 Å². The van der Waals surface area contributed by atoms with Crippen LogP contribution in [0, 0.1) is 0 Å². The van der Waals surface area contributed by atoms with E-state index in [1.807, 2.05) is 42.5 Å². The minimum absolute atomic E-state index is 0.0371. The minimum atomic E-state index is -1.15. The Hall–Kier alpha value is -3.26. The lowest BCUT2D eigenvalue weighted by atomic mass is 10.2. The predicted molar refractivity (Wildman–Crippen MR) is 102 cm³/mol. The van der Waals surface area contributed by atoms with E-state index in [-0.39, 0.29) is 12.4 Å². The molecule has 0 aliphatic heterocycles. The molecule has 27 heavy (non-hydrogen) atoms. The van der Waals surface area contributed by atoms with Gasteiger partial charge in [-0.25, -0.2) is 4.79 Å². The van der Waals surface area contributed by atoms with Gasteiger partial charge in [0, 0.05) is 16.2 Å². The predicted octanol–water partition coefficient (Wildman–Crippen LogP) is 4.57. The van der Waals surface area contributed by atoms with Gasteiger partial charge >= 0.3 is 6.09 Å². The molecule has 0 fully saturated rings. The van der Waals surface area contributed by atoms with Gasteiger partial charge in [-0.15, -0.1) is 18.3 Å². The summed E-state index contributed by atoms with van der Waals surface area (Å²) in [6.07, 6.45) is 0.718. The molecule has 3 rings (SSSR count). The summed E-state index contributed by atoms with van der Waals surface area (Å²) < 4.78 is 10.8. The summed E-state index contributed by atoms with van der Waals surface area (Å²) in [5.74, 6) is 2.87. The van der Waals surface area contributed by atoms with Crippen molar-refractivity contribution in [2.75, 3.05) is 5.75 Å². The zero-order valence-electron chi connectivity index (χ0n) is 14.3. The number of hydrogen-bond acceptors (Lipinski definition) is 6. The molecule has 0 atom stereocenters. The Morgan fingerprint density at radius 1 is 1.19 bits per heavy atom. The van der Waals surface area contributed by atoms with Crippen LogP contribution in [0.25, 0.3) is 11.4 Å². The SMILES string of the molecule is C=CCSc1ccc(Oc2ccc(-c3noc(CNC(=O)O)n3)cc2)cc1. The highest BCUT2D eigenvalue weighted by Gasteiger charge is 2.09. The molecular formula is C19H17N3O4S. The number of thioether (sulfide) groups is 1. The number of amides is 1. The van der Waals surface area contributed by atoms with Gasteiger partial charge in [0.1, 0.15) is 18.0 Å². The molecule has 7 nitrogen and oxygen atoms in total. The largest absolute Gasteiger partial charge is 0.465 e. The summed E-state index contributed by atoms with van der Waals surface area (Å²) >= 11 is 1.71. The first kappa shape index (κ1) is 18.5. The van der Waals surface area contributed by atoms with E-state index < -0.39 is 6.09 Å². The van der Waals surface area contributed by atoms with Crippen LogP contribution < -0.4 is 10.1 Å². The Bertz CT molecular complexity index is 907.